The second kappa shape index (κ2) is 7.96. The van der Waals surface area contributed by atoms with Crippen LogP contribution in [-0.2, 0) is 0 Å². The van der Waals surface area contributed by atoms with E-state index in [1.807, 2.05) is 52.1 Å². The summed E-state index contributed by atoms with van der Waals surface area (Å²) in [5.74, 6) is 0.622. The van der Waals surface area contributed by atoms with Gasteiger partial charge in [-0.3, -0.25) is 0 Å². The van der Waals surface area contributed by atoms with E-state index in [-0.39, 0.29) is 11.6 Å². The van der Waals surface area contributed by atoms with Crippen LogP contribution >= 0.6 is 45.2 Å². The fraction of sp³-hybridized carbons (Fsp3) is 0.294. The highest BCUT2D eigenvalue weighted by Crippen LogP contribution is 2.31. The SMILES string of the molecule is CCC(Oc1c(C)cc(F)cc1I)Oc1c(C)cc(F)cc1I. The highest BCUT2D eigenvalue weighted by atomic mass is 127. The summed E-state index contributed by atoms with van der Waals surface area (Å²) in [5.41, 5.74) is 1.42. The van der Waals surface area contributed by atoms with Gasteiger partial charge in [0, 0.05) is 6.42 Å². The summed E-state index contributed by atoms with van der Waals surface area (Å²) in [5, 5.41) is 0. The van der Waals surface area contributed by atoms with Crippen molar-refractivity contribution in [1.29, 1.82) is 0 Å². The lowest BCUT2D eigenvalue weighted by atomic mass is 10.2. The third kappa shape index (κ3) is 4.68. The van der Waals surface area contributed by atoms with Crippen molar-refractivity contribution < 1.29 is 18.3 Å². The number of benzene rings is 2. The molecule has 2 nitrogen and oxygen atoms in total. The van der Waals surface area contributed by atoms with Crippen LogP contribution in [0.1, 0.15) is 24.5 Å². The Hall–Kier alpha value is -0.640. The molecule has 0 fully saturated rings. The highest BCUT2D eigenvalue weighted by molar-refractivity contribution is 14.1. The maximum Gasteiger partial charge on any atom is 0.241 e. The van der Waals surface area contributed by atoms with Gasteiger partial charge in [0.1, 0.15) is 23.1 Å². The van der Waals surface area contributed by atoms with Gasteiger partial charge in [0.2, 0.25) is 6.29 Å². The normalized spacial score (nSPS) is 11.0. The number of aryl methyl sites for hydroxylation is 2. The molecule has 0 atom stereocenters. The van der Waals surface area contributed by atoms with Crippen LogP contribution in [0.2, 0.25) is 0 Å². The van der Waals surface area contributed by atoms with E-state index in [2.05, 4.69) is 0 Å². The van der Waals surface area contributed by atoms with Gasteiger partial charge in [-0.1, -0.05) is 6.92 Å². The first-order chi connectivity index (χ1) is 10.8. The molecule has 0 spiro atoms. The molecule has 0 saturated carbocycles. The van der Waals surface area contributed by atoms with Crippen molar-refractivity contribution in [3.05, 3.63) is 54.2 Å². The molecule has 124 valence electrons. The van der Waals surface area contributed by atoms with E-state index in [1.165, 1.54) is 24.3 Å². The molecule has 0 unspecified atom stereocenters. The van der Waals surface area contributed by atoms with Crippen molar-refractivity contribution in [3.8, 4) is 11.5 Å². The van der Waals surface area contributed by atoms with E-state index in [0.29, 0.717) is 36.2 Å². The quantitative estimate of drug-likeness (QED) is 0.341. The van der Waals surface area contributed by atoms with Crippen LogP contribution in [0, 0.1) is 32.6 Å². The molecule has 0 aromatic heterocycles. The molecule has 0 aliphatic carbocycles. The smallest absolute Gasteiger partial charge is 0.241 e. The van der Waals surface area contributed by atoms with E-state index in [1.54, 1.807) is 13.8 Å². The Morgan fingerprint density at radius 2 is 1.26 bits per heavy atom. The molecule has 0 saturated heterocycles. The van der Waals surface area contributed by atoms with Crippen LogP contribution in [0.3, 0.4) is 0 Å². The average molecular weight is 544 g/mol. The Balaban J connectivity index is 2.26. The van der Waals surface area contributed by atoms with Crippen molar-refractivity contribution in [2.45, 2.75) is 33.5 Å². The molecule has 0 heterocycles. The van der Waals surface area contributed by atoms with E-state index in [4.69, 9.17) is 9.47 Å². The van der Waals surface area contributed by atoms with Gasteiger partial charge in [-0.2, -0.15) is 0 Å². The van der Waals surface area contributed by atoms with Crippen molar-refractivity contribution in [1.82, 2.24) is 0 Å². The van der Waals surface area contributed by atoms with E-state index in [9.17, 15) is 8.78 Å². The van der Waals surface area contributed by atoms with Gasteiger partial charge in [0.25, 0.3) is 0 Å². The predicted octanol–water partition coefficient (Wildman–Crippen LogP) is 5.98. The molecule has 0 aliphatic rings. The lowest BCUT2D eigenvalue weighted by Crippen LogP contribution is -2.24. The van der Waals surface area contributed by atoms with Gasteiger partial charge < -0.3 is 9.47 Å². The third-order valence-corrected chi connectivity index (χ3v) is 4.82. The fourth-order valence-corrected chi connectivity index (χ4v) is 3.83. The number of halogens is 4. The minimum Gasteiger partial charge on any atom is -0.454 e. The van der Waals surface area contributed by atoms with Gasteiger partial charge in [-0.05, 0) is 94.4 Å². The molecule has 2 rings (SSSR count). The Kier molecular flexibility index (Phi) is 6.47. The summed E-state index contributed by atoms with van der Waals surface area (Å²) in [4.78, 5) is 0. The second-order valence-corrected chi connectivity index (χ2v) is 7.47. The minimum absolute atomic E-state index is 0.294. The zero-order valence-electron chi connectivity index (χ0n) is 12.9. The van der Waals surface area contributed by atoms with Crippen molar-refractivity contribution in [2.75, 3.05) is 0 Å². The second-order valence-electron chi connectivity index (χ2n) is 5.14. The third-order valence-electron chi connectivity index (χ3n) is 3.22. The van der Waals surface area contributed by atoms with Crippen LogP contribution in [0.25, 0.3) is 0 Å². The molecular formula is C17H16F2I2O2. The molecular weight excluding hydrogens is 528 g/mol. The molecule has 0 radical (unpaired) electrons. The van der Waals surface area contributed by atoms with Gasteiger partial charge in [-0.15, -0.1) is 0 Å². The largest absolute Gasteiger partial charge is 0.454 e. The maximum absolute atomic E-state index is 13.4. The van der Waals surface area contributed by atoms with Gasteiger partial charge in [0.05, 0.1) is 7.14 Å². The van der Waals surface area contributed by atoms with E-state index >= 15 is 0 Å². The van der Waals surface area contributed by atoms with Crippen LogP contribution < -0.4 is 9.47 Å². The minimum atomic E-state index is -0.537. The summed E-state index contributed by atoms with van der Waals surface area (Å²) in [7, 11) is 0. The number of hydrogen-bond acceptors (Lipinski definition) is 2. The van der Waals surface area contributed by atoms with Gasteiger partial charge >= 0.3 is 0 Å². The Morgan fingerprint density at radius 3 is 1.57 bits per heavy atom. The number of rotatable bonds is 5. The average Bonchev–Trinajstić information content (AvgIpc) is 2.44. The first kappa shape index (κ1) is 18.7. The van der Waals surface area contributed by atoms with Gasteiger partial charge in [-0.25, -0.2) is 8.78 Å². The number of ether oxygens (including phenoxy) is 2. The first-order valence-electron chi connectivity index (χ1n) is 7.06. The van der Waals surface area contributed by atoms with Crippen LogP contribution in [0.15, 0.2) is 24.3 Å². The molecule has 0 aliphatic heterocycles. The van der Waals surface area contributed by atoms with E-state index in [0.717, 1.165) is 0 Å². The van der Waals surface area contributed by atoms with Crippen LogP contribution in [0.4, 0.5) is 8.78 Å². The summed E-state index contributed by atoms with van der Waals surface area (Å²) in [6, 6.07) is 5.69. The first-order valence-corrected chi connectivity index (χ1v) is 9.22. The molecule has 6 heteroatoms. The maximum atomic E-state index is 13.4. The molecule has 23 heavy (non-hydrogen) atoms. The zero-order valence-corrected chi connectivity index (χ0v) is 17.2. The monoisotopic (exact) mass is 544 g/mol. The topological polar surface area (TPSA) is 18.5 Å². The summed E-state index contributed by atoms with van der Waals surface area (Å²) >= 11 is 4.08. The molecule has 2 aromatic rings. The Labute approximate surface area is 161 Å². The summed E-state index contributed by atoms with van der Waals surface area (Å²) in [6.45, 7) is 5.52. The van der Waals surface area contributed by atoms with Crippen LogP contribution in [-0.4, -0.2) is 6.29 Å². The van der Waals surface area contributed by atoms with Crippen LogP contribution in [0.5, 0.6) is 11.5 Å². The zero-order chi connectivity index (χ0) is 17.1. The molecule has 0 N–H and O–H groups in total. The van der Waals surface area contributed by atoms with Crippen molar-refractivity contribution in [2.24, 2.45) is 0 Å². The van der Waals surface area contributed by atoms with Crippen molar-refractivity contribution in [3.63, 3.8) is 0 Å². The Bertz CT molecular complexity index is 614. The van der Waals surface area contributed by atoms with E-state index < -0.39 is 6.29 Å². The fourth-order valence-electron chi connectivity index (χ4n) is 2.13. The molecule has 0 amide bonds. The lowest BCUT2D eigenvalue weighted by molar-refractivity contribution is 0.000848. The van der Waals surface area contributed by atoms with Gasteiger partial charge in [0.15, 0.2) is 0 Å². The molecule has 0 bridgehead atoms. The Morgan fingerprint density at radius 1 is 0.870 bits per heavy atom. The summed E-state index contributed by atoms with van der Waals surface area (Å²) < 4.78 is 40.0. The number of hydrogen-bond donors (Lipinski definition) is 0. The predicted molar refractivity (Wildman–Crippen MR) is 103 cm³/mol. The summed E-state index contributed by atoms with van der Waals surface area (Å²) in [6.07, 6.45) is 0.0603. The highest BCUT2D eigenvalue weighted by Gasteiger charge is 2.18. The van der Waals surface area contributed by atoms with Crippen molar-refractivity contribution >= 4 is 45.2 Å². The standard InChI is InChI=1S/C17H16F2I2O2/c1-4-15(22-16-9(2)5-11(18)7-13(16)20)23-17-10(3)6-12(19)8-14(17)21/h5-8,15H,4H2,1-3H3. The molecule has 2 aromatic carbocycles. The lowest BCUT2D eigenvalue weighted by Gasteiger charge is -2.23.